The smallest absolute Gasteiger partial charge is 0.309 e. The van der Waals surface area contributed by atoms with Crippen molar-refractivity contribution in [3.8, 4) is 0 Å². The third-order valence-electron chi connectivity index (χ3n) is 3.21. The fourth-order valence-corrected chi connectivity index (χ4v) is 2.34. The summed E-state index contributed by atoms with van der Waals surface area (Å²) in [5.41, 5.74) is 0. The first kappa shape index (κ1) is 17.5. The summed E-state index contributed by atoms with van der Waals surface area (Å²) in [6, 6.07) is 0. The molecule has 2 heteroatoms. The molecule has 0 amide bonds. The molecule has 0 aromatic heterocycles. The number of esters is 1. The van der Waals surface area contributed by atoms with Gasteiger partial charge in [0.25, 0.3) is 0 Å². The maximum atomic E-state index is 12.1. The molecule has 0 aliphatic rings. The average molecular weight is 256 g/mol. The van der Waals surface area contributed by atoms with Gasteiger partial charge in [-0.15, -0.1) is 0 Å². The summed E-state index contributed by atoms with van der Waals surface area (Å²) in [4.78, 5) is 12.1. The van der Waals surface area contributed by atoms with Gasteiger partial charge in [0.05, 0.1) is 5.92 Å². The molecule has 108 valence electrons. The lowest BCUT2D eigenvalue weighted by atomic mass is 9.97. The van der Waals surface area contributed by atoms with Crippen molar-refractivity contribution >= 4 is 5.97 Å². The van der Waals surface area contributed by atoms with Crippen LogP contribution in [0.25, 0.3) is 0 Å². The van der Waals surface area contributed by atoms with E-state index in [1.165, 1.54) is 0 Å². The summed E-state index contributed by atoms with van der Waals surface area (Å²) in [7, 11) is 0. The van der Waals surface area contributed by atoms with E-state index in [1.807, 2.05) is 0 Å². The molecule has 0 aliphatic carbocycles. The highest BCUT2D eigenvalue weighted by Crippen LogP contribution is 2.20. The van der Waals surface area contributed by atoms with Crippen LogP contribution in [-0.4, -0.2) is 12.1 Å². The molecule has 1 atom stereocenters. The van der Waals surface area contributed by atoms with Gasteiger partial charge in [0.2, 0.25) is 0 Å². The van der Waals surface area contributed by atoms with Crippen LogP contribution in [0.3, 0.4) is 0 Å². The van der Waals surface area contributed by atoms with Gasteiger partial charge in [-0.3, -0.25) is 4.79 Å². The van der Waals surface area contributed by atoms with Gasteiger partial charge in [0.1, 0.15) is 6.10 Å². The molecule has 0 aliphatic heterocycles. The van der Waals surface area contributed by atoms with Crippen LogP contribution in [0.4, 0.5) is 0 Å². The van der Waals surface area contributed by atoms with Gasteiger partial charge < -0.3 is 4.74 Å². The number of rotatable bonds is 9. The predicted octanol–water partition coefficient (Wildman–Crippen LogP) is 4.82. The lowest BCUT2D eigenvalue weighted by molar-refractivity contribution is -0.156. The first-order valence-electron chi connectivity index (χ1n) is 7.61. The molecule has 0 spiro atoms. The van der Waals surface area contributed by atoms with Crippen molar-refractivity contribution < 1.29 is 9.53 Å². The summed E-state index contributed by atoms with van der Waals surface area (Å²) >= 11 is 0. The quantitative estimate of drug-likeness (QED) is 0.553. The Bertz CT molecular complexity index is 211. The second kappa shape index (κ2) is 9.41. The summed E-state index contributed by atoms with van der Waals surface area (Å²) in [5.74, 6) is 1.27. The van der Waals surface area contributed by atoms with Crippen LogP contribution in [0, 0.1) is 17.8 Å². The fraction of sp³-hybridized carbons (Fsp3) is 0.938. The zero-order valence-corrected chi connectivity index (χ0v) is 13.2. The number of ether oxygens (including phenoxy) is 1. The monoisotopic (exact) mass is 256 g/mol. The Morgan fingerprint density at radius 1 is 1.00 bits per heavy atom. The highest BCUT2D eigenvalue weighted by molar-refractivity contribution is 5.72. The third kappa shape index (κ3) is 7.73. The van der Waals surface area contributed by atoms with Crippen molar-refractivity contribution in [2.24, 2.45) is 17.8 Å². The lowest BCUT2D eigenvalue weighted by Crippen LogP contribution is -2.26. The summed E-state index contributed by atoms with van der Waals surface area (Å²) in [5, 5.41) is 0. The van der Waals surface area contributed by atoms with E-state index in [2.05, 4.69) is 41.5 Å². The van der Waals surface area contributed by atoms with Gasteiger partial charge in [-0.25, -0.2) is 0 Å². The Morgan fingerprint density at radius 2 is 1.50 bits per heavy atom. The van der Waals surface area contributed by atoms with E-state index in [4.69, 9.17) is 4.74 Å². The number of carbonyl (C=O) groups is 1. The molecule has 0 fully saturated rings. The van der Waals surface area contributed by atoms with Crippen molar-refractivity contribution in [3.05, 3.63) is 0 Å². The topological polar surface area (TPSA) is 26.3 Å². The van der Waals surface area contributed by atoms with Crippen LogP contribution in [0.5, 0.6) is 0 Å². The molecule has 0 rings (SSSR count). The molecular formula is C16H32O2. The lowest BCUT2D eigenvalue weighted by Gasteiger charge is -2.24. The van der Waals surface area contributed by atoms with Crippen LogP contribution in [0.2, 0.25) is 0 Å². The minimum Gasteiger partial charge on any atom is -0.462 e. The summed E-state index contributed by atoms with van der Waals surface area (Å²) in [6.07, 6.45) is 4.95. The van der Waals surface area contributed by atoms with Gasteiger partial charge in [-0.05, 0) is 37.5 Å². The SMILES string of the molecule is CCCC(CC)C(=O)OC(CC(C)C)CC(C)C. The van der Waals surface area contributed by atoms with Crippen LogP contribution in [-0.2, 0) is 9.53 Å². The van der Waals surface area contributed by atoms with Crippen molar-refractivity contribution in [1.29, 1.82) is 0 Å². The Kier molecular flexibility index (Phi) is 9.13. The van der Waals surface area contributed by atoms with Crippen LogP contribution in [0.15, 0.2) is 0 Å². The summed E-state index contributed by atoms with van der Waals surface area (Å²) in [6.45, 7) is 12.9. The molecule has 0 saturated carbocycles. The van der Waals surface area contributed by atoms with Crippen molar-refractivity contribution in [2.75, 3.05) is 0 Å². The molecular weight excluding hydrogens is 224 g/mol. The molecule has 0 heterocycles. The molecule has 0 radical (unpaired) electrons. The van der Waals surface area contributed by atoms with Crippen LogP contribution in [0.1, 0.15) is 73.6 Å². The Morgan fingerprint density at radius 3 is 1.83 bits per heavy atom. The zero-order valence-electron chi connectivity index (χ0n) is 13.2. The van der Waals surface area contributed by atoms with E-state index in [-0.39, 0.29) is 18.0 Å². The predicted molar refractivity (Wildman–Crippen MR) is 77.5 cm³/mol. The maximum absolute atomic E-state index is 12.1. The minimum absolute atomic E-state index is 0.0191. The van der Waals surface area contributed by atoms with Gasteiger partial charge in [0.15, 0.2) is 0 Å². The molecule has 0 N–H and O–H groups in total. The molecule has 1 unspecified atom stereocenters. The van der Waals surface area contributed by atoms with Gasteiger partial charge >= 0.3 is 5.97 Å². The van der Waals surface area contributed by atoms with E-state index < -0.39 is 0 Å². The fourth-order valence-electron chi connectivity index (χ4n) is 2.34. The largest absolute Gasteiger partial charge is 0.462 e. The van der Waals surface area contributed by atoms with Gasteiger partial charge in [-0.1, -0.05) is 48.0 Å². The maximum Gasteiger partial charge on any atom is 0.309 e. The molecule has 18 heavy (non-hydrogen) atoms. The highest BCUT2D eigenvalue weighted by atomic mass is 16.5. The minimum atomic E-state index is 0.0191. The molecule has 2 nitrogen and oxygen atoms in total. The van der Waals surface area contributed by atoms with Crippen LogP contribution >= 0.6 is 0 Å². The Labute approximate surface area is 113 Å². The second-order valence-corrected chi connectivity index (χ2v) is 6.21. The van der Waals surface area contributed by atoms with E-state index in [1.54, 1.807) is 0 Å². The van der Waals surface area contributed by atoms with Crippen LogP contribution < -0.4 is 0 Å². The van der Waals surface area contributed by atoms with Crippen molar-refractivity contribution in [1.82, 2.24) is 0 Å². The second-order valence-electron chi connectivity index (χ2n) is 6.21. The Balaban J connectivity index is 4.40. The molecule has 0 saturated heterocycles. The number of carbonyl (C=O) groups excluding carboxylic acids is 1. The highest BCUT2D eigenvalue weighted by Gasteiger charge is 2.22. The van der Waals surface area contributed by atoms with E-state index in [0.717, 1.165) is 32.1 Å². The zero-order chi connectivity index (χ0) is 14.1. The molecule has 0 aromatic carbocycles. The van der Waals surface area contributed by atoms with E-state index in [0.29, 0.717) is 11.8 Å². The third-order valence-corrected chi connectivity index (χ3v) is 3.21. The first-order chi connectivity index (χ1) is 8.40. The van der Waals surface area contributed by atoms with E-state index in [9.17, 15) is 4.79 Å². The number of hydrogen-bond acceptors (Lipinski definition) is 2. The number of hydrogen-bond donors (Lipinski definition) is 0. The standard InChI is InChI=1S/C16H32O2/c1-7-9-14(8-2)16(17)18-15(10-12(3)4)11-13(5)6/h12-15H,7-11H2,1-6H3. The van der Waals surface area contributed by atoms with Gasteiger partial charge in [0, 0.05) is 0 Å². The first-order valence-corrected chi connectivity index (χ1v) is 7.61. The average Bonchev–Trinajstić information content (AvgIpc) is 2.23. The van der Waals surface area contributed by atoms with E-state index >= 15 is 0 Å². The summed E-state index contributed by atoms with van der Waals surface area (Å²) < 4.78 is 5.74. The van der Waals surface area contributed by atoms with Crippen molar-refractivity contribution in [3.63, 3.8) is 0 Å². The normalized spacial score (nSPS) is 13.4. The Hall–Kier alpha value is -0.530. The molecule has 0 bridgehead atoms. The van der Waals surface area contributed by atoms with Crippen molar-refractivity contribution in [2.45, 2.75) is 79.8 Å². The molecule has 0 aromatic rings. The van der Waals surface area contributed by atoms with Gasteiger partial charge in [-0.2, -0.15) is 0 Å².